The molecule has 8 nitrogen and oxygen atoms in total. The average molecular weight is 396 g/mol. The van der Waals surface area contributed by atoms with E-state index in [1.54, 1.807) is 12.1 Å². The summed E-state index contributed by atoms with van der Waals surface area (Å²) in [6, 6.07) is 4.49. The second-order valence-corrected chi connectivity index (χ2v) is 8.53. The van der Waals surface area contributed by atoms with E-state index in [2.05, 4.69) is 15.5 Å². The minimum Gasteiger partial charge on any atom is -0.313 e. The maximum atomic E-state index is 13.0. The quantitative estimate of drug-likeness (QED) is 0.719. The molecule has 0 radical (unpaired) electrons. The molecule has 8 heteroatoms. The molecule has 4 heterocycles. The number of fused-ring (bicyclic) bond motifs is 1. The zero-order valence-corrected chi connectivity index (χ0v) is 16.2. The highest BCUT2D eigenvalue weighted by Crippen LogP contribution is 2.34. The lowest BCUT2D eigenvalue weighted by Crippen LogP contribution is -2.69. The third-order valence-corrected chi connectivity index (χ3v) is 6.78. The van der Waals surface area contributed by atoms with Crippen LogP contribution in [0.5, 0.6) is 0 Å². The van der Waals surface area contributed by atoms with Gasteiger partial charge in [-0.25, -0.2) is 0 Å². The van der Waals surface area contributed by atoms with Crippen LogP contribution in [0.1, 0.15) is 58.4 Å². The number of nitrogens with zero attached hydrogens (tertiary/aromatic N) is 2. The molecule has 0 aromatic heterocycles. The Balaban J connectivity index is 1.38. The van der Waals surface area contributed by atoms with Crippen molar-refractivity contribution in [3.8, 4) is 0 Å². The van der Waals surface area contributed by atoms with E-state index < -0.39 is 23.8 Å². The van der Waals surface area contributed by atoms with E-state index in [0.717, 1.165) is 36.6 Å². The van der Waals surface area contributed by atoms with Crippen molar-refractivity contribution in [1.29, 1.82) is 0 Å². The van der Waals surface area contributed by atoms with Gasteiger partial charge in [-0.05, 0) is 43.5 Å². The molecule has 0 saturated carbocycles. The molecule has 1 spiro atoms. The normalized spacial score (nSPS) is 26.5. The van der Waals surface area contributed by atoms with E-state index in [4.69, 9.17) is 0 Å². The summed E-state index contributed by atoms with van der Waals surface area (Å²) in [6.07, 6.45) is 3.90. The van der Waals surface area contributed by atoms with Crippen molar-refractivity contribution in [3.63, 3.8) is 0 Å². The van der Waals surface area contributed by atoms with Gasteiger partial charge in [-0.15, -0.1) is 0 Å². The SMILES string of the molecule is O=C1CCC(N2C(=O)c3ccc(CN4CCCCC45CNC5)cc3C2=O)C(=O)N1. The third kappa shape index (κ3) is 2.89. The molecule has 4 aliphatic rings. The monoisotopic (exact) mass is 396 g/mol. The van der Waals surface area contributed by atoms with Crippen LogP contribution in [0.15, 0.2) is 18.2 Å². The second kappa shape index (κ2) is 6.74. The maximum absolute atomic E-state index is 13.0. The van der Waals surface area contributed by atoms with Crippen LogP contribution in [0, 0.1) is 0 Å². The predicted molar refractivity (Wildman–Crippen MR) is 103 cm³/mol. The van der Waals surface area contributed by atoms with Gasteiger partial charge < -0.3 is 5.32 Å². The summed E-state index contributed by atoms with van der Waals surface area (Å²) in [7, 11) is 0. The van der Waals surface area contributed by atoms with Crippen LogP contribution in [0.2, 0.25) is 0 Å². The van der Waals surface area contributed by atoms with Crippen molar-refractivity contribution in [2.24, 2.45) is 0 Å². The summed E-state index contributed by atoms with van der Waals surface area (Å²) in [5.41, 5.74) is 1.91. The molecular weight excluding hydrogens is 372 g/mol. The Bertz CT molecular complexity index is 923. The summed E-state index contributed by atoms with van der Waals surface area (Å²) in [6.45, 7) is 3.78. The maximum Gasteiger partial charge on any atom is 0.262 e. The Hall–Kier alpha value is -2.58. The van der Waals surface area contributed by atoms with Crippen LogP contribution in [-0.2, 0) is 16.1 Å². The lowest BCUT2D eigenvalue weighted by atomic mass is 9.81. The van der Waals surface area contributed by atoms with Gasteiger partial charge in [0.2, 0.25) is 11.8 Å². The van der Waals surface area contributed by atoms with Gasteiger partial charge in [0.05, 0.1) is 11.1 Å². The van der Waals surface area contributed by atoms with Gasteiger partial charge in [0.1, 0.15) is 6.04 Å². The molecule has 2 N–H and O–H groups in total. The number of hydrogen-bond acceptors (Lipinski definition) is 6. The molecule has 1 unspecified atom stereocenters. The molecule has 0 aliphatic carbocycles. The van der Waals surface area contributed by atoms with Crippen molar-refractivity contribution < 1.29 is 19.2 Å². The van der Waals surface area contributed by atoms with Crippen LogP contribution in [0.4, 0.5) is 0 Å². The van der Waals surface area contributed by atoms with Gasteiger partial charge in [-0.2, -0.15) is 0 Å². The van der Waals surface area contributed by atoms with Gasteiger partial charge in [0.25, 0.3) is 11.8 Å². The molecule has 4 amide bonds. The lowest BCUT2D eigenvalue weighted by Gasteiger charge is -2.53. The molecule has 152 valence electrons. The molecule has 3 fully saturated rings. The van der Waals surface area contributed by atoms with Crippen LogP contribution in [0.25, 0.3) is 0 Å². The van der Waals surface area contributed by atoms with Crippen molar-refractivity contribution >= 4 is 23.6 Å². The van der Waals surface area contributed by atoms with E-state index in [1.165, 1.54) is 19.3 Å². The van der Waals surface area contributed by atoms with Crippen LogP contribution in [-0.4, -0.2) is 64.6 Å². The number of rotatable bonds is 3. The fraction of sp³-hybridized carbons (Fsp3) is 0.524. The molecule has 0 bridgehead atoms. The Morgan fingerprint density at radius 2 is 1.83 bits per heavy atom. The van der Waals surface area contributed by atoms with Gasteiger partial charge in [-0.3, -0.25) is 34.3 Å². The minimum absolute atomic E-state index is 0.125. The number of hydrogen-bond donors (Lipinski definition) is 2. The number of carbonyl (C=O) groups is 4. The van der Waals surface area contributed by atoms with Gasteiger partial charge >= 0.3 is 0 Å². The van der Waals surface area contributed by atoms with E-state index in [9.17, 15) is 19.2 Å². The molecule has 4 aliphatic heterocycles. The molecular formula is C21H24N4O4. The number of piperidine rings is 2. The van der Waals surface area contributed by atoms with Crippen molar-refractivity contribution in [2.45, 2.75) is 50.2 Å². The van der Waals surface area contributed by atoms with E-state index in [1.807, 2.05) is 6.07 Å². The number of carbonyl (C=O) groups excluding carboxylic acids is 4. The fourth-order valence-electron chi connectivity index (χ4n) is 5.05. The molecule has 3 saturated heterocycles. The molecule has 1 atom stereocenters. The largest absolute Gasteiger partial charge is 0.313 e. The van der Waals surface area contributed by atoms with Crippen LogP contribution in [0.3, 0.4) is 0 Å². The first-order valence-electron chi connectivity index (χ1n) is 10.3. The second-order valence-electron chi connectivity index (χ2n) is 8.53. The summed E-state index contributed by atoms with van der Waals surface area (Å²) in [5, 5.41) is 5.61. The highest BCUT2D eigenvalue weighted by molar-refractivity contribution is 6.23. The molecule has 29 heavy (non-hydrogen) atoms. The summed E-state index contributed by atoms with van der Waals surface area (Å²) in [5.74, 6) is -1.85. The van der Waals surface area contributed by atoms with Crippen molar-refractivity contribution in [1.82, 2.24) is 20.4 Å². The Morgan fingerprint density at radius 3 is 2.55 bits per heavy atom. The summed E-state index contributed by atoms with van der Waals surface area (Å²) in [4.78, 5) is 52.9. The Labute approximate surface area is 168 Å². The zero-order valence-electron chi connectivity index (χ0n) is 16.2. The number of likely N-dealkylation sites (tertiary alicyclic amines) is 1. The molecule has 5 rings (SSSR count). The van der Waals surface area contributed by atoms with Crippen molar-refractivity contribution in [2.75, 3.05) is 19.6 Å². The van der Waals surface area contributed by atoms with E-state index in [0.29, 0.717) is 11.1 Å². The van der Waals surface area contributed by atoms with Crippen LogP contribution < -0.4 is 10.6 Å². The van der Waals surface area contributed by atoms with Gasteiger partial charge in [0, 0.05) is 31.6 Å². The summed E-state index contributed by atoms with van der Waals surface area (Å²) < 4.78 is 0. The zero-order chi connectivity index (χ0) is 20.2. The van der Waals surface area contributed by atoms with Crippen molar-refractivity contribution in [3.05, 3.63) is 34.9 Å². The van der Waals surface area contributed by atoms with E-state index in [-0.39, 0.29) is 24.3 Å². The Morgan fingerprint density at radius 1 is 1.03 bits per heavy atom. The number of amides is 4. The van der Waals surface area contributed by atoms with E-state index >= 15 is 0 Å². The predicted octanol–water partition coefficient (Wildman–Crippen LogP) is 0.416. The highest BCUT2D eigenvalue weighted by Gasteiger charge is 2.46. The highest BCUT2D eigenvalue weighted by atomic mass is 16.2. The molecule has 1 aromatic rings. The summed E-state index contributed by atoms with van der Waals surface area (Å²) >= 11 is 0. The number of benzene rings is 1. The first kappa shape index (κ1) is 18.4. The smallest absolute Gasteiger partial charge is 0.262 e. The minimum atomic E-state index is -0.921. The van der Waals surface area contributed by atoms with Crippen LogP contribution >= 0.6 is 0 Å². The number of imide groups is 2. The Kier molecular flexibility index (Phi) is 4.29. The average Bonchev–Trinajstić information content (AvgIpc) is 2.92. The van der Waals surface area contributed by atoms with Gasteiger partial charge in [0.15, 0.2) is 0 Å². The first-order chi connectivity index (χ1) is 14.0. The van der Waals surface area contributed by atoms with Gasteiger partial charge in [-0.1, -0.05) is 12.5 Å². The fourth-order valence-corrected chi connectivity index (χ4v) is 5.05. The lowest BCUT2D eigenvalue weighted by molar-refractivity contribution is -0.136. The first-order valence-corrected chi connectivity index (χ1v) is 10.3. The number of nitrogens with one attached hydrogen (secondary N) is 2. The topological polar surface area (TPSA) is 98.8 Å². The third-order valence-electron chi connectivity index (χ3n) is 6.78. The standard InChI is InChI=1S/C21H24N4O4/c26-17-6-5-16(18(27)23-17)25-19(28)14-4-3-13(9-15(14)20(25)29)10-24-8-2-1-7-21(24)11-22-12-21/h3-4,9,16,22H,1-2,5-8,10-12H2,(H,23,26,27). The molecule has 1 aromatic carbocycles.